The second kappa shape index (κ2) is 6.63. The molecule has 1 aliphatic carbocycles. The van der Waals surface area contributed by atoms with E-state index >= 15 is 0 Å². The lowest BCUT2D eigenvalue weighted by Gasteiger charge is -2.39. The molecule has 4 rings (SSSR count). The fraction of sp³-hybridized carbons (Fsp3) is 0.611. The van der Waals surface area contributed by atoms with Crippen molar-refractivity contribution < 1.29 is 4.79 Å². The van der Waals surface area contributed by atoms with E-state index in [0.717, 1.165) is 37.9 Å². The largest absolute Gasteiger partial charge is 0.352 e. The zero-order valence-corrected chi connectivity index (χ0v) is 14.9. The van der Waals surface area contributed by atoms with E-state index in [4.69, 9.17) is 0 Å². The Bertz CT molecular complexity index is 746. The summed E-state index contributed by atoms with van der Waals surface area (Å²) in [5.41, 5.74) is 2.92. The van der Waals surface area contributed by atoms with E-state index in [1.54, 1.807) is 6.20 Å². The normalized spacial score (nSPS) is 24.4. The first-order valence-corrected chi connectivity index (χ1v) is 9.13. The van der Waals surface area contributed by atoms with Crippen molar-refractivity contribution in [1.29, 1.82) is 0 Å². The quantitative estimate of drug-likeness (QED) is 0.869. The molecule has 2 atom stereocenters. The number of piperidine rings is 1. The van der Waals surface area contributed by atoms with Crippen LogP contribution in [0, 0.1) is 5.92 Å². The second-order valence-corrected chi connectivity index (χ2v) is 7.44. The molecule has 7 nitrogen and oxygen atoms in total. The number of nitrogens with zero attached hydrogens (tertiary/aromatic N) is 4. The number of aryl methyl sites for hydroxylation is 1. The lowest BCUT2D eigenvalue weighted by atomic mass is 9.87. The number of hydrogen-bond donors (Lipinski definition) is 2. The molecule has 134 valence electrons. The van der Waals surface area contributed by atoms with Crippen LogP contribution in [0.25, 0.3) is 0 Å². The van der Waals surface area contributed by atoms with Gasteiger partial charge in [-0.2, -0.15) is 5.10 Å². The topological polar surface area (TPSA) is 78.8 Å². The highest BCUT2D eigenvalue weighted by atomic mass is 16.1. The zero-order chi connectivity index (χ0) is 17.4. The highest BCUT2D eigenvalue weighted by Gasteiger charge is 2.33. The summed E-state index contributed by atoms with van der Waals surface area (Å²) < 4.78 is 2.09. The molecule has 7 heteroatoms. The summed E-state index contributed by atoms with van der Waals surface area (Å²) in [7, 11) is 4.20. The summed E-state index contributed by atoms with van der Waals surface area (Å²) in [6.07, 6.45) is 10.0. The summed E-state index contributed by atoms with van der Waals surface area (Å²) in [5.74, 6) is 0.869. The van der Waals surface area contributed by atoms with Crippen molar-refractivity contribution in [2.24, 2.45) is 13.0 Å². The Hall–Kier alpha value is -2.15. The van der Waals surface area contributed by atoms with Gasteiger partial charge in [0.1, 0.15) is 0 Å². The number of carbonyl (C=O) groups is 1. The highest BCUT2D eigenvalue weighted by molar-refractivity contribution is 5.95. The van der Waals surface area contributed by atoms with E-state index in [2.05, 4.69) is 37.0 Å². The number of likely N-dealkylation sites (tertiary alicyclic amines) is 1. The molecule has 1 saturated carbocycles. The minimum Gasteiger partial charge on any atom is -0.352 e. The lowest BCUT2D eigenvalue weighted by molar-refractivity contribution is 0.0881. The van der Waals surface area contributed by atoms with Gasteiger partial charge in [-0.3, -0.25) is 14.8 Å². The predicted octanol–water partition coefficient (Wildman–Crippen LogP) is 1.83. The minimum atomic E-state index is -0.00682. The molecule has 0 aromatic carbocycles. The molecule has 0 unspecified atom stereocenters. The first-order chi connectivity index (χ1) is 12.1. The van der Waals surface area contributed by atoms with Crippen LogP contribution in [0.2, 0.25) is 0 Å². The molecular formula is C18H26N6O. The fourth-order valence-electron chi connectivity index (χ4n) is 4.07. The Morgan fingerprint density at radius 3 is 2.88 bits per heavy atom. The summed E-state index contributed by atoms with van der Waals surface area (Å²) in [6.45, 7) is 1.75. The number of hydrogen-bond acceptors (Lipinski definition) is 4. The maximum absolute atomic E-state index is 12.6. The van der Waals surface area contributed by atoms with Crippen molar-refractivity contribution in [3.8, 4) is 0 Å². The summed E-state index contributed by atoms with van der Waals surface area (Å²) >= 11 is 0. The molecule has 0 spiro atoms. The van der Waals surface area contributed by atoms with Gasteiger partial charge in [-0.25, -0.2) is 4.98 Å². The fourth-order valence-corrected chi connectivity index (χ4v) is 4.07. The Labute approximate surface area is 147 Å². The molecule has 2 aromatic rings. The van der Waals surface area contributed by atoms with E-state index in [1.165, 1.54) is 5.69 Å². The maximum atomic E-state index is 12.6. The van der Waals surface area contributed by atoms with Crippen LogP contribution < -0.4 is 5.32 Å². The van der Waals surface area contributed by atoms with Gasteiger partial charge in [0, 0.05) is 25.7 Å². The molecule has 2 aliphatic rings. The van der Waals surface area contributed by atoms with Crippen molar-refractivity contribution in [3.05, 3.63) is 35.7 Å². The third-order valence-electron chi connectivity index (χ3n) is 5.59. The van der Waals surface area contributed by atoms with Crippen molar-refractivity contribution in [1.82, 2.24) is 30.0 Å². The number of imidazole rings is 1. The zero-order valence-electron chi connectivity index (χ0n) is 14.9. The molecule has 0 bridgehead atoms. The molecule has 2 N–H and O–H groups in total. The van der Waals surface area contributed by atoms with Crippen LogP contribution in [0.3, 0.4) is 0 Å². The van der Waals surface area contributed by atoms with Gasteiger partial charge in [0.05, 0.1) is 35.5 Å². The molecule has 2 aromatic heterocycles. The van der Waals surface area contributed by atoms with Gasteiger partial charge < -0.3 is 9.88 Å². The second-order valence-electron chi connectivity index (χ2n) is 7.44. The van der Waals surface area contributed by atoms with Crippen molar-refractivity contribution in [2.75, 3.05) is 20.1 Å². The van der Waals surface area contributed by atoms with E-state index in [0.29, 0.717) is 23.9 Å². The van der Waals surface area contributed by atoms with Gasteiger partial charge in [0.25, 0.3) is 5.91 Å². The van der Waals surface area contributed by atoms with Gasteiger partial charge in [-0.05, 0) is 45.2 Å². The van der Waals surface area contributed by atoms with Crippen molar-refractivity contribution in [2.45, 2.75) is 37.6 Å². The smallest absolute Gasteiger partial charge is 0.254 e. The van der Waals surface area contributed by atoms with Crippen molar-refractivity contribution in [3.63, 3.8) is 0 Å². The Morgan fingerprint density at radius 1 is 1.32 bits per heavy atom. The number of amides is 1. The summed E-state index contributed by atoms with van der Waals surface area (Å²) in [5, 5.41) is 10.2. The predicted molar refractivity (Wildman–Crippen MR) is 94.2 cm³/mol. The standard InChI is InChI=1S/C18H26N6O/c1-23-7-3-4-13(17(23)15-10-19-11-24(15)2)8-20-18(25)14-9-21-22-16(14)12-5-6-12/h9-13,17H,3-8H2,1-2H3,(H,20,25)(H,21,22)/t13-,17+/m0/s1. The number of H-pyrrole nitrogens is 1. The maximum Gasteiger partial charge on any atom is 0.254 e. The lowest BCUT2D eigenvalue weighted by Crippen LogP contribution is -2.42. The van der Waals surface area contributed by atoms with Gasteiger partial charge >= 0.3 is 0 Å². The number of nitrogens with one attached hydrogen (secondary N) is 2. The minimum absolute atomic E-state index is 0.00682. The first kappa shape index (κ1) is 16.3. The summed E-state index contributed by atoms with van der Waals surface area (Å²) in [4.78, 5) is 19.3. The van der Waals surface area contributed by atoms with E-state index in [9.17, 15) is 4.79 Å². The van der Waals surface area contributed by atoms with Crippen LogP contribution in [-0.2, 0) is 7.05 Å². The molecule has 3 heterocycles. The van der Waals surface area contributed by atoms with Crippen LogP contribution in [0.1, 0.15) is 59.4 Å². The SMILES string of the molecule is CN1CCC[C@@H](CNC(=O)c2cn[nH]c2C2CC2)[C@@H]1c1cncn1C. The molecule has 1 saturated heterocycles. The van der Waals surface area contributed by atoms with Crippen LogP contribution in [-0.4, -0.2) is 50.7 Å². The molecule has 25 heavy (non-hydrogen) atoms. The van der Waals surface area contributed by atoms with Gasteiger partial charge in [0.15, 0.2) is 0 Å². The number of carbonyl (C=O) groups excluding carboxylic acids is 1. The number of aromatic nitrogens is 4. The average molecular weight is 342 g/mol. The van der Waals surface area contributed by atoms with Crippen LogP contribution >= 0.6 is 0 Å². The Morgan fingerprint density at radius 2 is 2.16 bits per heavy atom. The Balaban J connectivity index is 1.46. The summed E-state index contributed by atoms with van der Waals surface area (Å²) in [6, 6.07) is 0.286. The highest BCUT2D eigenvalue weighted by Crippen LogP contribution is 2.40. The third-order valence-corrected chi connectivity index (χ3v) is 5.59. The Kier molecular flexibility index (Phi) is 4.33. The van der Waals surface area contributed by atoms with Gasteiger partial charge in [0.2, 0.25) is 0 Å². The third kappa shape index (κ3) is 3.20. The monoisotopic (exact) mass is 342 g/mol. The van der Waals surface area contributed by atoms with E-state index in [-0.39, 0.29) is 11.9 Å². The van der Waals surface area contributed by atoms with Gasteiger partial charge in [-0.15, -0.1) is 0 Å². The van der Waals surface area contributed by atoms with E-state index in [1.807, 2.05) is 19.6 Å². The van der Waals surface area contributed by atoms with Crippen LogP contribution in [0.15, 0.2) is 18.7 Å². The first-order valence-electron chi connectivity index (χ1n) is 9.13. The van der Waals surface area contributed by atoms with Crippen LogP contribution in [0.5, 0.6) is 0 Å². The van der Waals surface area contributed by atoms with Crippen LogP contribution in [0.4, 0.5) is 0 Å². The average Bonchev–Trinajstić information content (AvgIpc) is 3.17. The molecule has 0 radical (unpaired) electrons. The number of aromatic amines is 1. The molecular weight excluding hydrogens is 316 g/mol. The van der Waals surface area contributed by atoms with E-state index < -0.39 is 0 Å². The molecule has 2 fully saturated rings. The van der Waals surface area contributed by atoms with Crippen molar-refractivity contribution >= 4 is 5.91 Å². The molecule has 1 aliphatic heterocycles. The molecule has 1 amide bonds. The van der Waals surface area contributed by atoms with Gasteiger partial charge in [-0.1, -0.05) is 0 Å². The number of rotatable bonds is 5.